The Morgan fingerprint density at radius 1 is 1.46 bits per heavy atom. The molecule has 0 aliphatic carbocycles. The SMILES string of the molecule is Cc1cc(N)c(F)cc1C#CCN. The lowest BCUT2D eigenvalue weighted by Crippen LogP contribution is -1.96. The number of anilines is 1. The van der Waals surface area contributed by atoms with E-state index in [4.69, 9.17) is 11.5 Å². The number of nitrogen functional groups attached to an aromatic ring is 1. The van der Waals surface area contributed by atoms with Crippen molar-refractivity contribution in [3.8, 4) is 11.8 Å². The second-order valence-corrected chi connectivity index (χ2v) is 2.69. The molecule has 0 unspecified atom stereocenters. The van der Waals surface area contributed by atoms with Crippen molar-refractivity contribution in [3.63, 3.8) is 0 Å². The molecule has 3 heteroatoms. The van der Waals surface area contributed by atoms with Crippen LogP contribution >= 0.6 is 0 Å². The van der Waals surface area contributed by atoms with Crippen LogP contribution in [0.5, 0.6) is 0 Å². The molecule has 0 amide bonds. The summed E-state index contributed by atoms with van der Waals surface area (Å²) in [5, 5.41) is 0. The van der Waals surface area contributed by atoms with Crippen molar-refractivity contribution in [2.24, 2.45) is 5.73 Å². The van der Waals surface area contributed by atoms with E-state index < -0.39 is 5.82 Å². The minimum Gasteiger partial charge on any atom is -0.396 e. The van der Waals surface area contributed by atoms with Crippen molar-refractivity contribution in [1.29, 1.82) is 0 Å². The van der Waals surface area contributed by atoms with Crippen molar-refractivity contribution < 1.29 is 4.39 Å². The largest absolute Gasteiger partial charge is 0.396 e. The van der Waals surface area contributed by atoms with Crippen LogP contribution in [0.4, 0.5) is 10.1 Å². The third-order valence-corrected chi connectivity index (χ3v) is 1.67. The van der Waals surface area contributed by atoms with Gasteiger partial charge in [-0.05, 0) is 24.6 Å². The van der Waals surface area contributed by atoms with Gasteiger partial charge in [-0.15, -0.1) is 0 Å². The van der Waals surface area contributed by atoms with Gasteiger partial charge in [0.1, 0.15) is 5.82 Å². The number of aryl methyl sites for hydroxylation is 1. The van der Waals surface area contributed by atoms with Gasteiger partial charge in [-0.25, -0.2) is 4.39 Å². The Labute approximate surface area is 76.7 Å². The summed E-state index contributed by atoms with van der Waals surface area (Å²) < 4.78 is 13.0. The van der Waals surface area contributed by atoms with Crippen LogP contribution in [0.1, 0.15) is 11.1 Å². The topological polar surface area (TPSA) is 52.0 Å². The van der Waals surface area contributed by atoms with Gasteiger partial charge in [-0.2, -0.15) is 0 Å². The summed E-state index contributed by atoms with van der Waals surface area (Å²) in [5.74, 6) is 4.99. The normalized spacial score (nSPS) is 9.15. The molecule has 0 radical (unpaired) electrons. The van der Waals surface area contributed by atoms with Gasteiger partial charge in [0, 0.05) is 5.56 Å². The molecule has 0 bridgehead atoms. The molecular formula is C10H11FN2. The second kappa shape index (κ2) is 3.92. The highest BCUT2D eigenvalue weighted by Crippen LogP contribution is 2.15. The summed E-state index contributed by atoms with van der Waals surface area (Å²) >= 11 is 0. The predicted molar refractivity (Wildman–Crippen MR) is 51.5 cm³/mol. The molecule has 13 heavy (non-hydrogen) atoms. The lowest BCUT2D eigenvalue weighted by molar-refractivity contribution is 0.631. The zero-order chi connectivity index (χ0) is 9.84. The van der Waals surface area contributed by atoms with Gasteiger partial charge in [0.2, 0.25) is 0 Å². The number of rotatable bonds is 0. The van der Waals surface area contributed by atoms with Crippen LogP contribution < -0.4 is 11.5 Å². The van der Waals surface area contributed by atoms with E-state index >= 15 is 0 Å². The Kier molecular flexibility index (Phi) is 2.88. The van der Waals surface area contributed by atoms with Crippen LogP contribution in [0, 0.1) is 24.6 Å². The lowest BCUT2D eigenvalue weighted by atomic mass is 10.1. The van der Waals surface area contributed by atoms with Crippen LogP contribution in [0.2, 0.25) is 0 Å². The molecule has 0 aliphatic heterocycles. The monoisotopic (exact) mass is 178 g/mol. The van der Waals surface area contributed by atoms with E-state index in [0.717, 1.165) is 5.56 Å². The van der Waals surface area contributed by atoms with Crippen LogP contribution in [0.25, 0.3) is 0 Å². The number of hydrogen-bond donors (Lipinski definition) is 2. The smallest absolute Gasteiger partial charge is 0.147 e. The van der Waals surface area contributed by atoms with Crippen LogP contribution in [-0.4, -0.2) is 6.54 Å². The van der Waals surface area contributed by atoms with E-state index in [-0.39, 0.29) is 12.2 Å². The maximum atomic E-state index is 13.0. The fourth-order valence-electron chi connectivity index (χ4n) is 0.985. The first-order chi connectivity index (χ1) is 6.15. The van der Waals surface area contributed by atoms with E-state index in [0.29, 0.717) is 5.56 Å². The van der Waals surface area contributed by atoms with E-state index in [1.54, 1.807) is 6.07 Å². The summed E-state index contributed by atoms with van der Waals surface area (Å²) in [4.78, 5) is 0. The van der Waals surface area contributed by atoms with Crippen molar-refractivity contribution in [1.82, 2.24) is 0 Å². The highest BCUT2D eigenvalue weighted by molar-refractivity contribution is 5.51. The van der Waals surface area contributed by atoms with Crippen molar-refractivity contribution >= 4 is 5.69 Å². The summed E-state index contributed by atoms with van der Waals surface area (Å²) in [5.41, 5.74) is 12.2. The van der Waals surface area contributed by atoms with Gasteiger partial charge in [-0.1, -0.05) is 11.8 Å². The van der Waals surface area contributed by atoms with Gasteiger partial charge in [0.05, 0.1) is 12.2 Å². The van der Waals surface area contributed by atoms with E-state index in [2.05, 4.69) is 11.8 Å². The van der Waals surface area contributed by atoms with E-state index in [1.165, 1.54) is 6.07 Å². The number of benzene rings is 1. The molecule has 2 nitrogen and oxygen atoms in total. The van der Waals surface area contributed by atoms with E-state index in [1.807, 2.05) is 6.92 Å². The standard InChI is InChI=1S/C10H11FN2/c1-7-5-10(13)9(11)6-8(7)3-2-4-12/h5-6H,4,12-13H2,1H3. The molecule has 0 atom stereocenters. The second-order valence-electron chi connectivity index (χ2n) is 2.69. The molecule has 0 fully saturated rings. The first-order valence-electron chi connectivity index (χ1n) is 3.89. The summed E-state index contributed by atoms with van der Waals surface area (Å²) in [6.45, 7) is 2.10. The third kappa shape index (κ3) is 2.20. The molecule has 0 heterocycles. The van der Waals surface area contributed by atoms with Crippen molar-refractivity contribution in [2.75, 3.05) is 12.3 Å². The minimum atomic E-state index is -0.438. The lowest BCUT2D eigenvalue weighted by Gasteiger charge is -2.01. The average Bonchev–Trinajstić information content (AvgIpc) is 2.09. The summed E-state index contributed by atoms with van der Waals surface area (Å²) in [6.07, 6.45) is 0. The molecule has 1 rings (SSSR count). The quantitative estimate of drug-likeness (QED) is 0.460. The maximum Gasteiger partial charge on any atom is 0.147 e. The molecule has 0 saturated heterocycles. The molecule has 4 N–H and O–H groups in total. The average molecular weight is 178 g/mol. The maximum absolute atomic E-state index is 13.0. The summed E-state index contributed by atoms with van der Waals surface area (Å²) in [7, 11) is 0. The number of hydrogen-bond acceptors (Lipinski definition) is 2. The fraction of sp³-hybridized carbons (Fsp3) is 0.200. The van der Waals surface area contributed by atoms with E-state index in [9.17, 15) is 4.39 Å². The minimum absolute atomic E-state index is 0.149. The molecule has 0 saturated carbocycles. The van der Waals surface area contributed by atoms with Gasteiger partial charge >= 0.3 is 0 Å². The first kappa shape index (κ1) is 9.56. The predicted octanol–water partition coefficient (Wildman–Crippen LogP) is 1.03. The Balaban J connectivity index is 3.16. The molecule has 0 aliphatic rings. The van der Waals surface area contributed by atoms with Gasteiger partial charge in [0.15, 0.2) is 0 Å². The van der Waals surface area contributed by atoms with Crippen molar-refractivity contribution in [3.05, 3.63) is 29.1 Å². The van der Waals surface area contributed by atoms with Gasteiger partial charge < -0.3 is 11.5 Å². The van der Waals surface area contributed by atoms with Crippen LogP contribution in [0.15, 0.2) is 12.1 Å². The zero-order valence-corrected chi connectivity index (χ0v) is 7.39. The Morgan fingerprint density at radius 2 is 2.15 bits per heavy atom. The number of halogens is 1. The highest BCUT2D eigenvalue weighted by Gasteiger charge is 2.01. The molecular weight excluding hydrogens is 167 g/mol. The van der Waals surface area contributed by atoms with Crippen LogP contribution in [0.3, 0.4) is 0 Å². The molecule has 0 aromatic heterocycles. The molecule has 1 aromatic rings. The Hall–Kier alpha value is -1.53. The van der Waals surface area contributed by atoms with Crippen LogP contribution in [-0.2, 0) is 0 Å². The molecule has 1 aromatic carbocycles. The number of nitrogens with two attached hydrogens (primary N) is 2. The highest BCUT2D eigenvalue weighted by atomic mass is 19.1. The van der Waals surface area contributed by atoms with Crippen molar-refractivity contribution in [2.45, 2.75) is 6.92 Å². The van der Waals surface area contributed by atoms with Gasteiger partial charge in [0.25, 0.3) is 0 Å². The zero-order valence-electron chi connectivity index (χ0n) is 7.39. The van der Waals surface area contributed by atoms with Gasteiger partial charge in [-0.3, -0.25) is 0 Å². The molecule has 68 valence electrons. The molecule has 0 spiro atoms. The summed E-state index contributed by atoms with van der Waals surface area (Å²) in [6, 6.07) is 2.89. The Bertz CT molecular complexity index is 374. The Morgan fingerprint density at radius 3 is 2.77 bits per heavy atom. The fourth-order valence-corrected chi connectivity index (χ4v) is 0.985. The third-order valence-electron chi connectivity index (χ3n) is 1.67. The first-order valence-corrected chi connectivity index (χ1v) is 3.89.